The molecule has 3 rings (SSSR count). The van der Waals surface area contributed by atoms with Gasteiger partial charge >= 0.3 is 5.97 Å². The standard InChI is InChI=1S/C17H14N2O3/c1-2-22-17(21)15-13-10-6-7-11-14(13)16(20)19(18-15)12-8-4-3-5-9-12/h3-11H,2H2,1H3. The van der Waals surface area contributed by atoms with Crippen LogP contribution in [0.15, 0.2) is 59.4 Å². The first-order valence-corrected chi connectivity index (χ1v) is 6.97. The van der Waals surface area contributed by atoms with E-state index in [2.05, 4.69) is 5.10 Å². The maximum Gasteiger partial charge on any atom is 0.359 e. The molecule has 0 saturated heterocycles. The Morgan fingerprint density at radius 2 is 1.68 bits per heavy atom. The van der Waals surface area contributed by atoms with Crippen LogP contribution in [0, 0.1) is 0 Å². The van der Waals surface area contributed by atoms with E-state index in [9.17, 15) is 9.59 Å². The number of nitrogens with zero attached hydrogens (tertiary/aromatic N) is 2. The van der Waals surface area contributed by atoms with Crippen molar-refractivity contribution < 1.29 is 9.53 Å². The van der Waals surface area contributed by atoms with E-state index in [-0.39, 0.29) is 17.9 Å². The van der Waals surface area contributed by atoms with Crippen molar-refractivity contribution in [3.8, 4) is 5.69 Å². The molecule has 0 aliphatic heterocycles. The van der Waals surface area contributed by atoms with Gasteiger partial charge in [-0.1, -0.05) is 36.4 Å². The number of esters is 1. The molecule has 1 heterocycles. The lowest BCUT2D eigenvalue weighted by atomic mass is 10.1. The second kappa shape index (κ2) is 5.81. The fourth-order valence-electron chi connectivity index (χ4n) is 2.28. The van der Waals surface area contributed by atoms with Gasteiger partial charge < -0.3 is 4.74 Å². The molecule has 3 aromatic rings. The summed E-state index contributed by atoms with van der Waals surface area (Å²) in [6.07, 6.45) is 0. The van der Waals surface area contributed by atoms with Gasteiger partial charge in [0, 0.05) is 5.39 Å². The number of aromatic nitrogens is 2. The number of ether oxygens (including phenoxy) is 1. The second-order valence-corrected chi connectivity index (χ2v) is 4.67. The first kappa shape index (κ1) is 14.0. The van der Waals surface area contributed by atoms with Crippen molar-refractivity contribution in [2.45, 2.75) is 6.92 Å². The smallest absolute Gasteiger partial charge is 0.359 e. The van der Waals surface area contributed by atoms with E-state index >= 15 is 0 Å². The minimum absolute atomic E-state index is 0.140. The predicted octanol–water partition coefficient (Wildman–Crippen LogP) is 2.56. The molecule has 110 valence electrons. The highest BCUT2D eigenvalue weighted by atomic mass is 16.5. The summed E-state index contributed by atoms with van der Waals surface area (Å²) in [5.74, 6) is -0.539. The highest BCUT2D eigenvalue weighted by Crippen LogP contribution is 2.16. The van der Waals surface area contributed by atoms with Gasteiger partial charge in [-0.15, -0.1) is 0 Å². The van der Waals surface area contributed by atoms with Gasteiger partial charge in [0.05, 0.1) is 17.7 Å². The molecule has 0 spiro atoms. The maximum atomic E-state index is 12.6. The molecule has 5 heteroatoms. The van der Waals surface area contributed by atoms with Crippen LogP contribution in [0.25, 0.3) is 16.5 Å². The lowest BCUT2D eigenvalue weighted by Gasteiger charge is -2.10. The Labute approximate surface area is 126 Å². The fraction of sp³-hybridized carbons (Fsp3) is 0.118. The lowest BCUT2D eigenvalue weighted by Crippen LogP contribution is -2.25. The molecule has 0 fully saturated rings. The van der Waals surface area contributed by atoms with Crippen LogP contribution in [0.3, 0.4) is 0 Å². The second-order valence-electron chi connectivity index (χ2n) is 4.67. The molecule has 0 N–H and O–H groups in total. The molecule has 0 unspecified atom stereocenters. The minimum Gasteiger partial charge on any atom is -0.461 e. The largest absolute Gasteiger partial charge is 0.461 e. The number of hydrogen-bond acceptors (Lipinski definition) is 4. The summed E-state index contributed by atoms with van der Waals surface area (Å²) in [5.41, 5.74) is 0.472. The zero-order valence-electron chi connectivity index (χ0n) is 12.0. The van der Waals surface area contributed by atoms with E-state index in [1.165, 1.54) is 4.68 Å². The van der Waals surface area contributed by atoms with Crippen LogP contribution in [0.1, 0.15) is 17.4 Å². The van der Waals surface area contributed by atoms with E-state index in [1.807, 2.05) is 18.2 Å². The molecule has 0 radical (unpaired) electrons. The van der Waals surface area contributed by atoms with E-state index < -0.39 is 5.97 Å². The van der Waals surface area contributed by atoms with Crippen molar-refractivity contribution in [1.29, 1.82) is 0 Å². The highest BCUT2D eigenvalue weighted by Gasteiger charge is 2.17. The molecule has 5 nitrogen and oxygen atoms in total. The van der Waals surface area contributed by atoms with Gasteiger partial charge in [0.1, 0.15) is 0 Å². The summed E-state index contributed by atoms with van der Waals surface area (Å²) in [6, 6.07) is 15.9. The number of fused-ring (bicyclic) bond motifs is 1. The van der Waals surface area contributed by atoms with E-state index in [0.717, 1.165) is 0 Å². The summed E-state index contributed by atoms with van der Waals surface area (Å²) >= 11 is 0. The number of benzene rings is 2. The Bertz CT molecular complexity index is 885. The summed E-state index contributed by atoms with van der Waals surface area (Å²) in [6.45, 7) is 1.98. The summed E-state index contributed by atoms with van der Waals surface area (Å²) in [7, 11) is 0. The van der Waals surface area contributed by atoms with Gasteiger partial charge in [-0.25, -0.2) is 4.79 Å². The van der Waals surface area contributed by atoms with Crippen LogP contribution in [0.2, 0.25) is 0 Å². The van der Waals surface area contributed by atoms with E-state index in [1.54, 1.807) is 43.3 Å². The first-order valence-electron chi connectivity index (χ1n) is 6.97. The average molecular weight is 294 g/mol. The van der Waals surface area contributed by atoms with Crippen LogP contribution in [-0.4, -0.2) is 22.4 Å². The van der Waals surface area contributed by atoms with Crippen molar-refractivity contribution in [2.24, 2.45) is 0 Å². The van der Waals surface area contributed by atoms with Gasteiger partial charge in [0.15, 0.2) is 5.69 Å². The van der Waals surface area contributed by atoms with Crippen LogP contribution >= 0.6 is 0 Å². The molecule has 22 heavy (non-hydrogen) atoms. The molecule has 0 bridgehead atoms. The SMILES string of the molecule is CCOC(=O)c1nn(-c2ccccc2)c(=O)c2ccccc12. The van der Waals surface area contributed by atoms with E-state index in [0.29, 0.717) is 16.5 Å². The topological polar surface area (TPSA) is 61.2 Å². The quantitative estimate of drug-likeness (QED) is 0.697. The Kier molecular flexibility index (Phi) is 3.70. The zero-order valence-corrected chi connectivity index (χ0v) is 12.0. The lowest BCUT2D eigenvalue weighted by molar-refractivity contribution is 0.0520. The molecule has 2 aromatic carbocycles. The van der Waals surface area contributed by atoms with Gasteiger partial charge in [-0.05, 0) is 25.1 Å². The fourth-order valence-corrected chi connectivity index (χ4v) is 2.28. The van der Waals surface area contributed by atoms with Crippen molar-refractivity contribution in [3.63, 3.8) is 0 Å². The molecular weight excluding hydrogens is 280 g/mol. The first-order chi connectivity index (χ1) is 10.7. The van der Waals surface area contributed by atoms with Gasteiger partial charge in [0.2, 0.25) is 0 Å². The average Bonchev–Trinajstić information content (AvgIpc) is 2.56. The normalized spacial score (nSPS) is 10.6. The van der Waals surface area contributed by atoms with Gasteiger partial charge in [-0.3, -0.25) is 4.79 Å². The van der Waals surface area contributed by atoms with Crippen molar-refractivity contribution >= 4 is 16.7 Å². The predicted molar refractivity (Wildman–Crippen MR) is 83.3 cm³/mol. The third-order valence-corrected chi connectivity index (χ3v) is 3.27. The molecule has 1 aromatic heterocycles. The monoisotopic (exact) mass is 294 g/mol. The molecular formula is C17H14N2O3. The number of hydrogen-bond donors (Lipinski definition) is 0. The van der Waals surface area contributed by atoms with Crippen LogP contribution in [0.4, 0.5) is 0 Å². The maximum absolute atomic E-state index is 12.6. The third-order valence-electron chi connectivity index (χ3n) is 3.27. The van der Waals surface area contributed by atoms with Crippen molar-refractivity contribution in [1.82, 2.24) is 9.78 Å². The summed E-state index contributed by atoms with van der Waals surface area (Å²) < 4.78 is 6.28. The van der Waals surface area contributed by atoms with Crippen molar-refractivity contribution in [3.05, 3.63) is 70.6 Å². The highest BCUT2D eigenvalue weighted by molar-refractivity contribution is 6.02. The Balaban J connectivity index is 2.33. The summed E-state index contributed by atoms with van der Waals surface area (Å²) in [5, 5.41) is 5.15. The van der Waals surface area contributed by atoms with Gasteiger partial charge in [-0.2, -0.15) is 9.78 Å². The number of para-hydroxylation sites is 1. The van der Waals surface area contributed by atoms with Crippen LogP contribution < -0.4 is 5.56 Å². The Morgan fingerprint density at radius 3 is 2.36 bits per heavy atom. The van der Waals surface area contributed by atoms with Crippen LogP contribution in [-0.2, 0) is 4.74 Å². The Hall–Kier alpha value is -2.95. The van der Waals surface area contributed by atoms with Crippen molar-refractivity contribution in [2.75, 3.05) is 6.61 Å². The molecule has 0 saturated carbocycles. The van der Waals surface area contributed by atoms with Gasteiger partial charge in [0.25, 0.3) is 5.56 Å². The third kappa shape index (κ3) is 2.37. The Morgan fingerprint density at radius 1 is 1.05 bits per heavy atom. The number of carbonyl (C=O) groups is 1. The van der Waals surface area contributed by atoms with Crippen LogP contribution in [0.5, 0.6) is 0 Å². The molecule has 0 aliphatic rings. The summed E-state index contributed by atoms with van der Waals surface area (Å²) in [4.78, 5) is 24.8. The molecule has 0 amide bonds. The van der Waals surface area contributed by atoms with E-state index in [4.69, 9.17) is 4.74 Å². The molecule has 0 aliphatic carbocycles. The number of rotatable bonds is 3. The number of carbonyl (C=O) groups excluding carboxylic acids is 1. The molecule has 0 atom stereocenters. The minimum atomic E-state index is -0.539. The zero-order chi connectivity index (χ0) is 15.5.